The molecule has 0 atom stereocenters. The Morgan fingerprint density at radius 1 is 0.848 bits per heavy atom. The molecule has 0 spiro atoms. The number of nitrogens with zero attached hydrogens (tertiary/aromatic N) is 6. The maximum absolute atomic E-state index is 5.45. The number of hydrogen-bond donors (Lipinski definition) is 0. The van der Waals surface area contributed by atoms with Crippen molar-refractivity contribution in [2.24, 2.45) is 0 Å². The van der Waals surface area contributed by atoms with Gasteiger partial charge in [-0.05, 0) is 35.4 Å². The minimum absolute atomic E-state index is 0.587. The van der Waals surface area contributed by atoms with E-state index < -0.39 is 0 Å². The van der Waals surface area contributed by atoms with Crippen LogP contribution in [0.2, 0.25) is 0 Å². The van der Waals surface area contributed by atoms with Crippen LogP contribution in [0.25, 0.3) is 17.1 Å². The van der Waals surface area contributed by atoms with Crippen molar-refractivity contribution in [1.29, 1.82) is 0 Å². The van der Waals surface area contributed by atoms with Crippen LogP contribution in [-0.2, 0) is 13.1 Å². The highest BCUT2D eigenvalue weighted by molar-refractivity contribution is 5.68. The zero-order chi connectivity index (χ0) is 22.6. The summed E-state index contributed by atoms with van der Waals surface area (Å²) in [5.74, 6) is 2.93. The van der Waals surface area contributed by atoms with Gasteiger partial charge in [-0.2, -0.15) is 5.10 Å². The number of hydrogen-bond acceptors (Lipinski definition) is 8. The van der Waals surface area contributed by atoms with Gasteiger partial charge in [0.15, 0.2) is 23.6 Å². The molecule has 5 aromatic rings. The van der Waals surface area contributed by atoms with E-state index in [9.17, 15) is 0 Å². The van der Waals surface area contributed by atoms with Crippen molar-refractivity contribution >= 4 is 11.5 Å². The molecule has 0 aliphatic carbocycles. The van der Waals surface area contributed by atoms with Gasteiger partial charge in [0, 0.05) is 13.1 Å². The average molecular weight is 442 g/mol. The Hall–Kier alpha value is -4.40. The smallest absolute Gasteiger partial charge is 0.197 e. The van der Waals surface area contributed by atoms with Gasteiger partial charge in [-0.25, -0.2) is 19.5 Å². The summed E-state index contributed by atoms with van der Waals surface area (Å²) in [5.41, 5.74) is 3.57. The van der Waals surface area contributed by atoms with Crippen LogP contribution < -0.4 is 14.4 Å². The van der Waals surface area contributed by atoms with Crippen LogP contribution in [-0.4, -0.2) is 38.8 Å². The molecular weight excluding hydrogens is 420 g/mol. The largest absolute Gasteiger partial charge is 0.497 e. The highest BCUT2D eigenvalue weighted by Gasteiger charge is 2.19. The molecule has 3 heterocycles. The number of methoxy groups -OCH3 is 2. The molecular formula is C24H22N6O3. The van der Waals surface area contributed by atoms with Crippen molar-refractivity contribution in [3.63, 3.8) is 0 Å². The van der Waals surface area contributed by atoms with Crippen LogP contribution in [0.1, 0.15) is 11.1 Å². The summed E-state index contributed by atoms with van der Waals surface area (Å²) in [6.45, 7) is 1.24. The van der Waals surface area contributed by atoms with E-state index in [1.165, 1.54) is 12.7 Å². The third-order valence-corrected chi connectivity index (χ3v) is 5.33. The molecule has 0 radical (unpaired) electrons. The topological polar surface area (TPSA) is 90.8 Å². The monoisotopic (exact) mass is 442 g/mol. The lowest BCUT2D eigenvalue weighted by Crippen LogP contribution is -2.24. The fraction of sp³-hybridized carbons (Fsp3) is 0.167. The van der Waals surface area contributed by atoms with E-state index in [0.717, 1.165) is 22.6 Å². The number of benzene rings is 2. The van der Waals surface area contributed by atoms with Gasteiger partial charge in [-0.3, -0.25) is 0 Å². The van der Waals surface area contributed by atoms with E-state index in [1.54, 1.807) is 31.1 Å². The molecule has 9 heteroatoms. The molecule has 0 aliphatic rings. The second kappa shape index (κ2) is 8.99. The molecule has 0 saturated carbocycles. The van der Waals surface area contributed by atoms with Gasteiger partial charge in [0.2, 0.25) is 0 Å². The van der Waals surface area contributed by atoms with Crippen LogP contribution in [0.15, 0.2) is 78.1 Å². The Morgan fingerprint density at radius 2 is 1.48 bits per heavy atom. The fourth-order valence-electron chi connectivity index (χ4n) is 3.65. The number of aromatic nitrogens is 5. The molecule has 0 unspecified atom stereocenters. The number of rotatable bonds is 8. The summed E-state index contributed by atoms with van der Waals surface area (Å²) in [5, 5.41) is 4.40. The summed E-state index contributed by atoms with van der Waals surface area (Å²) in [4.78, 5) is 15.4. The van der Waals surface area contributed by atoms with Crippen molar-refractivity contribution in [2.45, 2.75) is 13.1 Å². The minimum atomic E-state index is 0.587. The first-order valence-electron chi connectivity index (χ1n) is 10.3. The standard InChI is InChI=1S/C24H22N6O3/c1-31-19-7-3-17(4-8-19)13-29(14-18-5-9-20(32-2)10-6-18)23-24-26-11-21(22-12-25-16-33-22)30(24)28-15-27-23/h3-12,15-16H,13-14H2,1-2H3. The maximum Gasteiger partial charge on any atom is 0.197 e. The lowest BCUT2D eigenvalue weighted by molar-refractivity contribution is 0.414. The maximum atomic E-state index is 5.45. The third kappa shape index (κ3) is 4.20. The summed E-state index contributed by atoms with van der Waals surface area (Å²) in [6, 6.07) is 16.0. The van der Waals surface area contributed by atoms with Crippen LogP contribution in [0.5, 0.6) is 11.5 Å². The summed E-state index contributed by atoms with van der Waals surface area (Å²) in [7, 11) is 3.32. The summed E-state index contributed by atoms with van der Waals surface area (Å²) >= 11 is 0. The first-order valence-corrected chi connectivity index (χ1v) is 10.3. The van der Waals surface area contributed by atoms with E-state index >= 15 is 0 Å². The second-order valence-electron chi connectivity index (χ2n) is 7.38. The van der Waals surface area contributed by atoms with Crippen LogP contribution in [0.4, 0.5) is 5.82 Å². The Morgan fingerprint density at radius 3 is 2.03 bits per heavy atom. The fourth-order valence-corrected chi connectivity index (χ4v) is 3.65. The molecule has 9 nitrogen and oxygen atoms in total. The molecule has 0 saturated heterocycles. The highest BCUT2D eigenvalue weighted by atomic mass is 16.5. The number of anilines is 1. The molecule has 0 amide bonds. The Kier molecular flexibility index (Phi) is 5.59. The molecule has 0 aliphatic heterocycles. The normalized spacial score (nSPS) is 11.0. The lowest BCUT2D eigenvalue weighted by Gasteiger charge is -2.24. The summed E-state index contributed by atoms with van der Waals surface area (Å²) < 4.78 is 17.8. The van der Waals surface area contributed by atoms with E-state index in [2.05, 4.69) is 25.0 Å². The molecule has 33 heavy (non-hydrogen) atoms. The Bertz CT molecular complexity index is 1280. The number of fused-ring (bicyclic) bond motifs is 1. The minimum Gasteiger partial charge on any atom is -0.497 e. The molecule has 166 valence electrons. The SMILES string of the molecule is COc1ccc(CN(Cc2ccc(OC)cc2)c2ncnn3c(-c4cnco4)cnc23)cc1. The van der Waals surface area contributed by atoms with Gasteiger partial charge < -0.3 is 18.8 Å². The number of ether oxygens (including phenoxy) is 2. The van der Waals surface area contributed by atoms with Crippen LogP contribution in [0, 0.1) is 0 Å². The predicted molar refractivity (Wildman–Crippen MR) is 122 cm³/mol. The molecule has 0 bridgehead atoms. The van der Waals surface area contributed by atoms with Crippen molar-refractivity contribution in [3.05, 3.63) is 84.8 Å². The summed E-state index contributed by atoms with van der Waals surface area (Å²) in [6.07, 6.45) is 6.26. The van der Waals surface area contributed by atoms with E-state index in [0.29, 0.717) is 36.0 Å². The van der Waals surface area contributed by atoms with Gasteiger partial charge in [0.25, 0.3) is 0 Å². The number of imidazole rings is 1. The van der Waals surface area contributed by atoms with Crippen LogP contribution in [0.3, 0.4) is 0 Å². The quantitative estimate of drug-likeness (QED) is 0.356. The molecule has 5 rings (SSSR count). The predicted octanol–water partition coefficient (Wildman–Crippen LogP) is 4.00. The van der Waals surface area contributed by atoms with Crippen molar-refractivity contribution in [2.75, 3.05) is 19.1 Å². The van der Waals surface area contributed by atoms with Crippen molar-refractivity contribution in [1.82, 2.24) is 24.6 Å². The second-order valence-corrected chi connectivity index (χ2v) is 7.38. The van der Waals surface area contributed by atoms with Gasteiger partial charge in [-0.1, -0.05) is 24.3 Å². The lowest BCUT2D eigenvalue weighted by atomic mass is 10.1. The van der Waals surface area contributed by atoms with Crippen molar-refractivity contribution < 1.29 is 13.9 Å². The molecule has 0 fully saturated rings. The molecule has 3 aromatic heterocycles. The van der Waals surface area contributed by atoms with Gasteiger partial charge in [0.05, 0.1) is 26.6 Å². The molecule has 2 aromatic carbocycles. The number of oxazole rings is 1. The van der Waals surface area contributed by atoms with E-state index in [4.69, 9.17) is 13.9 Å². The Balaban J connectivity index is 1.54. The third-order valence-electron chi connectivity index (χ3n) is 5.33. The molecule has 0 N–H and O–H groups in total. The van der Waals surface area contributed by atoms with Crippen molar-refractivity contribution in [3.8, 4) is 23.0 Å². The average Bonchev–Trinajstić information content (AvgIpc) is 3.54. The Labute approximate surface area is 190 Å². The zero-order valence-electron chi connectivity index (χ0n) is 18.3. The van der Waals surface area contributed by atoms with Gasteiger partial charge in [0.1, 0.15) is 23.5 Å². The van der Waals surface area contributed by atoms with E-state index in [1.807, 2.05) is 48.5 Å². The first-order chi connectivity index (χ1) is 16.2. The van der Waals surface area contributed by atoms with Gasteiger partial charge >= 0.3 is 0 Å². The van der Waals surface area contributed by atoms with Crippen LogP contribution >= 0.6 is 0 Å². The first kappa shape index (κ1) is 20.5. The highest BCUT2D eigenvalue weighted by Crippen LogP contribution is 2.27. The van der Waals surface area contributed by atoms with Gasteiger partial charge in [-0.15, -0.1) is 0 Å². The van der Waals surface area contributed by atoms with E-state index in [-0.39, 0.29) is 0 Å². The zero-order valence-corrected chi connectivity index (χ0v) is 18.3.